The second kappa shape index (κ2) is 6.24. The first-order chi connectivity index (χ1) is 7.88. The molecule has 0 amide bonds. The Kier molecular flexibility index (Phi) is 4.64. The summed E-state index contributed by atoms with van der Waals surface area (Å²) in [6, 6.07) is 10.7. The molecule has 1 aliphatic rings. The summed E-state index contributed by atoms with van der Waals surface area (Å²) in [4.78, 5) is 4.92. The zero-order chi connectivity index (χ0) is 11.2. The largest absolute Gasteiger partial charge is 0.289 e. The van der Waals surface area contributed by atoms with E-state index in [0.717, 1.165) is 25.6 Å². The van der Waals surface area contributed by atoms with Gasteiger partial charge in [0.1, 0.15) is 0 Å². The van der Waals surface area contributed by atoms with Gasteiger partial charge in [0.25, 0.3) is 0 Å². The number of rotatable bonds is 4. The van der Waals surface area contributed by atoms with Gasteiger partial charge in [-0.05, 0) is 12.0 Å². The predicted octanol–water partition coefficient (Wildman–Crippen LogP) is 2.39. The van der Waals surface area contributed by atoms with Gasteiger partial charge in [0.2, 0.25) is 0 Å². The number of nitrogens with zero attached hydrogens (tertiary/aromatic N) is 2. The summed E-state index contributed by atoms with van der Waals surface area (Å²) < 4.78 is 0. The fourth-order valence-corrected chi connectivity index (χ4v) is 2.45. The van der Waals surface area contributed by atoms with Crippen molar-refractivity contribution in [3.63, 3.8) is 0 Å². The van der Waals surface area contributed by atoms with E-state index in [-0.39, 0.29) is 0 Å². The van der Waals surface area contributed by atoms with Gasteiger partial charge >= 0.3 is 0 Å². The number of alkyl halides is 1. The topological polar surface area (TPSA) is 6.48 Å². The third-order valence-electron chi connectivity index (χ3n) is 3.00. The van der Waals surface area contributed by atoms with E-state index in [1.54, 1.807) is 0 Å². The highest BCUT2D eigenvalue weighted by Gasteiger charge is 2.16. The van der Waals surface area contributed by atoms with Crippen LogP contribution in [0.3, 0.4) is 0 Å². The Balaban J connectivity index is 1.85. The fraction of sp³-hybridized carbons (Fsp3) is 0.538. The van der Waals surface area contributed by atoms with E-state index in [9.17, 15) is 0 Å². The number of hydrogen-bond donors (Lipinski definition) is 0. The highest BCUT2D eigenvalue weighted by Crippen LogP contribution is 2.10. The lowest BCUT2D eigenvalue weighted by molar-refractivity contribution is 0.0853. The summed E-state index contributed by atoms with van der Waals surface area (Å²) in [7, 11) is 0. The van der Waals surface area contributed by atoms with Crippen LogP contribution in [-0.4, -0.2) is 42.0 Å². The highest BCUT2D eigenvalue weighted by molar-refractivity contribution is 6.18. The van der Waals surface area contributed by atoms with Crippen LogP contribution >= 0.6 is 11.6 Å². The van der Waals surface area contributed by atoms with Crippen molar-refractivity contribution in [3.05, 3.63) is 35.9 Å². The summed E-state index contributed by atoms with van der Waals surface area (Å²) in [5, 5.41) is 0. The lowest BCUT2D eigenvalue weighted by Crippen LogP contribution is -2.44. The molecular weight excluding hydrogens is 220 g/mol. The van der Waals surface area contributed by atoms with Gasteiger partial charge in [-0.3, -0.25) is 9.80 Å². The van der Waals surface area contributed by atoms with Crippen molar-refractivity contribution in [2.75, 3.05) is 32.2 Å². The molecular formula is C13H19ClN2. The van der Waals surface area contributed by atoms with E-state index < -0.39 is 0 Å². The second-order valence-corrected chi connectivity index (χ2v) is 4.72. The minimum absolute atomic E-state index is 0.735. The molecule has 2 nitrogen and oxygen atoms in total. The van der Waals surface area contributed by atoms with Crippen LogP contribution in [-0.2, 0) is 6.54 Å². The molecule has 1 saturated heterocycles. The van der Waals surface area contributed by atoms with Crippen LogP contribution in [0.25, 0.3) is 0 Å². The fourth-order valence-electron chi connectivity index (χ4n) is 2.21. The smallest absolute Gasteiger partial charge is 0.0509 e. The zero-order valence-corrected chi connectivity index (χ0v) is 10.4. The number of hydrogen-bond acceptors (Lipinski definition) is 2. The molecule has 1 fully saturated rings. The molecule has 1 heterocycles. The molecule has 2 rings (SSSR count). The van der Waals surface area contributed by atoms with Gasteiger partial charge in [-0.15, -0.1) is 11.6 Å². The quantitative estimate of drug-likeness (QED) is 0.744. The molecule has 0 saturated carbocycles. The molecule has 0 radical (unpaired) electrons. The number of benzene rings is 1. The normalized spacial score (nSPS) is 18.8. The summed E-state index contributed by atoms with van der Waals surface area (Å²) in [5.41, 5.74) is 1.40. The van der Waals surface area contributed by atoms with E-state index in [2.05, 4.69) is 40.1 Å². The average molecular weight is 239 g/mol. The lowest BCUT2D eigenvalue weighted by Gasteiger charge is -2.35. The zero-order valence-electron chi connectivity index (χ0n) is 9.61. The molecule has 0 spiro atoms. The first kappa shape index (κ1) is 11.9. The average Bonchev–Trinajstić information content (AvgIpc) is 2.31. The maximum absolute atomic E-state index is 5.78. The van der Waals surface area contributed by atoms with Gasteiger partial charge in [-0.2, -0.15) is 0 Å². The lowest BCUT2D eigenvalue weighted by atomic mass is 10.2. The Bertz CT molecular complexity index is 300. The van der Waals surface area contributed by atoms with Crippen molar-refractivity contribution in [2.24, 2.45) is 0 Å². The summed E-state index contributed by atoms with van der Waals surface area (Å²) in [6.45, 7) is 5.51. The van der Waals surface area contributed by atoms with E-state index in [1.165, 1.54) is 25.1 Å². The number of halogens is 1. The molecule has 1 aromatic rings. The first-order valence-electron chi connectivity index (χ1n) is 5.93. The van der Waals surface area contributed by atoms with E-state index >= 15 is 0 Å². The minimum Gasteiger partial charge on any atom is -0.289 e. The summed E-state index contributed by atoms with van der Waals surface area (Å²) in [6.07, 6.45) is 1.25. The van der Waals surface area contributed by atoms with E-state index in [1.807, 2.05) is 0 Å². The van der Waals surface area contributed by atoms with Crippen LogP contribution in [0.4, 0.5) is 0 Å². The molecule has 0 bridgehead atoms. The molecule has 0 aromatic heterocycles. The van der Waals surface area contributed by atoms with Gasteiger partial charge in [-0.25, -0.2) is 0 Å². The molecule has 1 aliphatic heterocycles. The standard InChI is InChI=1S/C13H19ClN2/c14-7-10-15-8-4-9-16(12-15)11-13-5-2-1-3-6-13/h1-3,5-6H,4,7-12H2. The van der Waals surface area contributed by atoms with Gasteiger partial charge in [0.05, 0.1) is 6.67 Å². The molecule has 16 heavy (non-hydrogen) atoms. The van der Waals surface area contributed by atoms with Gasteiger partial charge in [-0.1, -0.05) is 30.3 Å². The van der Waals surface area contributed by atoms with Crippen molar-refractivity contribution in [1.82, 2.24) is 9.80 Å². The van der Waals surface area contributed by atoms with Gasteiger partial charge < -0.3 is 0 Å². The molecule has 0 N–H and O–H groups in total. The van der Waals surface area contributed by atoms with Crippen LogP contribution in [0, 0.1) is 0 Å². The van der Waals surface area contributed by atoms with Crippen LogP contribution in [0.2, 0.25) is 0 Å². The van der Waals surface area contributed by atoms with E-state index in [0.29, 0.717) is 0 Å². The Hall–Kier alpha value is -0.570. The van der Waals surface area contributed by atoms with Crippen LogP contribution in [0.1, 0.15) is 12.0 Å². The Morgan fingerprint density at radius 2 is 1.81 bits per heavy atom. The Labute approximate surface area is 103 Å². The van der Waals surface area contributed by atoms with Crippen LogP contribution < -0.4 is 0 Å². The molecule has 88 valence electrons. The van der Waals surface area contributed by atoms with E-state index in [4.69, 9.17) is 11.6 Å². The minimum atomic E-state index is 0.735. The van der Waals surface area contributed by atoms with Crippen molar-refractivity contribution >= 4 is 11.6 Å². The molecule has 1 aromatic carbocycles. The maximum atomic E-state index is 5.78. The van der Waals surface area contributed by atoms with Crippen molar-refractivity contribution < 1.29 is 0 Å². The monoisotopic (exact) mass is 238 g/mol. The Morgan fingerprint density at radius 1 is 1.06 bits per heavy atom. The summed E-state index contributed by atoms with van der Waals surface area (Å²) >= 11 is 5.78. The third kappa shape index (κ3) is 3.48. The second-order valence-electron chi connectivity index (χ2n) is 4.34. The van der Waals surface area contributed by atoms with Crippen molar-refractivity contribution in [2.45, 2.75) is 13.0 Å². The predicted molar refractivity (Wildman–Crippen MR) is 68.6 cm³/mol. The Morgan fingerprint density at radius 3 is 2.56 bits per heavy atom. The highest BCUT2D eigenvalue weighted by atomic mass is 35.5. The molecule has 0 unspecified atom stereocenters. The molecule has 3 heteroatoms. The third-order valence-corrected chi connectivity index (χ3v) is 3.17. The SMILES string of the molecule is ClCCN1CCCN(Cc2ccccc2)C1. The summed E-state index contributed by atoms with van der Waals surface area (Å²) in [5.74, 6) is 0.735. The van der Waals surface area contributed by atoms with Crippen LogP contribution in [0.5, 0.6) is 0 Å². The van der Waals surface area contributed by atoms with Crippen molar-refractivity contribution in [1.29, 1.82) is 0 Å². The molecule has 0 aliphatic carbocycles. The van der Waals surface area contributed by atoms with Crippen LogP contribution in [0.15, 0.2) is 30.3 Å². The maximum Gasteiger partial charge on any atom is 0.0509 e. The van der Waals surface area contributed by atoms with Gasteiger partial charge in [0, 0.05) is 32.1 Å². The van der Waals surface area contributed by atoms with Gasteiger partial charge in [0.15, 0.2) is 0 Å². The first-order valence-corrected chi connectivity index (χ1v) is 6.46. The van der Waals surface area contributed by atoms with Crippen molar-refractivity contribution in [3.8, 4) is 0 Å². The molecule has 0 atom stereocenters.